The van der Waals surface area contributed by atoms with Crippen LogP contribution in [0.15, 0.2) is 0 Å². The van der Waals surface area contributed by atoms with Crippen LogP contribution >= 0.6 is 0 Å². The maximum Gasteiger partial charge on any atom is 0.223 e. The maximum absolute atomic E-state index is 12.3. The molecule has 3 heteroatoms. The molecule has 0 spiro atoms. The van der Waals surface area contributed by atoms with Crippen LogP contribution in [-0.2, 0) is 4.79 Å². The lowest BCUT2D eigenvalue weighted by atomic mass is 9.77. The van der Waals surface area contributed by atoms with E-state index in [9.17, 15) is 4.79 Å². The summed E-state index contributed by atoms with van der Waals surface area (Å²) in [6, 6.07) is 0.579. The molecule has 1 amide bonds. The summed E-state index contributed by atoms with van der Waals surface area (Å²) in [7, 11) is 0. The van der Waals surface area contributed by atoms with Crippen molar-refractivity contribution in [3.05, 3.63) is 0 Å². The third-order valence-electron chi connectivity index (χ3n) is 4.67. The van der Waals surface area contributed by atoms with Crippen LogP contribution in [0.5, 0.6) is 0 Å². The molecule has 1 rings (SSSR count). The Balaban J connectivity index is 2.49. The molecular weight excluding hydrogens is 224 g/mol. The summed E-state index contributed by atoms with van der Waals surface area (Å²) in [5, 5.41) is 3.22. The predicted octanol–water partition coefficient (Wildman–Crippen LogP) is 2.69. The van der Waals surface area contributed by atoms with Crippen molar-refractivity contribution in [1.82, 2.24) is 5.32 Å². The van der Waals surface area contributed by atoms with E-state index in [0.717, 1.165) is 32.1 Å². The summed E-state index contributed by atoms with van der Waals surface area (Å²) >= 11 is 0. The van der Waals surface area contributed by atoms with E-state index < -0.39 is 0 Å². The topological polar surface area (TPSA) is 55.1 Å². The van der Waals surface area contributed by atoms with Gasteiger partial charge in [-0.05, 0) is 38.0 Å². The van der Waals surface area contributed by atoms with Crippen LogP contribution in [-0.4, -0.2) is 18.0 Å². The molecule has 0 aromatic carbocycles. The van der Waals surface area contributed by atoms with E-state index in [1.165, 1.54) is 0 Å². The van der Waals surface area contributed by atoms with Crippen molar-refractivity contribution in [2.45, 2.75) is 71.9 Å². The highest BCUT2D eigenvalue weighted by Crippen LogP contribution is 2.29. The van der Waals surface area contributed by atoms with Gasteiger partial charge in [0.05, 0.1) is 0 Å². The molecule has 3 nitrogen and oxygen atoms in total. The quantitative estimate of drug-likeness (QED) is 0.792. The zero-order valence-electron chi connectivity index (χ0n) is 12.4. The Morgan fingerprint density at radius 1 is 1.33 bits per heavy atom. The third kappa shape index (κ3) is 3.98. The Bertz CT molecular complexity index is 263. The van der Waals surface area contributed by atoms with Gasteiger partial charge in [-0.2, -0.15) is 0 Å². The minimum absolute atomic E-state index is 0.168. The van der Waals surface area contributed by atoms with Gasteiger partial charge in [-0.15, -0.1) is 0 Å². The Labute approximate surface area is 112 Å². The molecule has 0 radical (unpaired) electrons. The van der Waals surface area contributed by atoms with Crippen molar-refractivity contribution in [2.24, 2.45) is 23.5 Å². The number of carbonyl (C=O) groups is 1. The van der Waals surface area contributed by atoms with Crippen molar-refractivity contribution in [3.8, 4) is 0 Å². The molecule has 4 atom stereocenters. The summed E-state index contributed by atoms with van der Waals surface area (Å²) in [6.07, 6.45) is 5.18. The van der Waals surface area contributed by atoms with Crippen LogP contribution in [0.3, 0.4) is 0 Å². The average Bonchev–Trinajstić information content (AvgIpc) is 2.30. The van der Waals surface area contributed by atoms with E-state index in [2.05, 4.69) is 33.0 Å². The van der Waals surface area contributed by atoms with Gasteiger partial charge >= 0.3 is 0 Å². The van der Waals surface area contributed by atoms with Gasteiger partial charge in [0.25, 0.3) is 0 Å². The van der Waals surface area contributed by atoms with Crippen LogP contribution in [0.1, 0.15) is 59.8 Å². The molecular formula is C15H30N2O. The van der Waals surface area contributed by atoms with Crippen LogP contribution in [0.4, 0.5) is 0 Å². The molecule has 0 bridgehead atoms. The standard InChI is InChI=1S/C15H30N2O/c1-5-12(6-2)11(4)17-15(18)14-8-7-13(16)9-10(14)3/h10-14H,5-9,16H2,1-4H3,(H,17,18). The van der Waals surface area contributed by atoms with Gasteiger partial charge < -0.3 is 11.1 Å². The molecule has 1 saturated carbocycles. The van der Waals surface area contributed by atoms with Gasteiger partial charge in [0.2, 0.25) is 5.91 Å². The largest absolute Gasteiger partial charge is 0.353 e. The lowest BCUT2D eigenvalue weighted by Crippen LogP contribution is -2.45. The fraction of sp³-hybridized carbons (Fsp3) is 0.933. The van der Waals surface area contributed by atoms with Crippen LogP contribution < -0.4 is 11.1 Å². The first-order chi connectivity index (χ1) is 8.49. The molecule has 1 aliphatic rings. The highest BCUT2D eigenvalue weighted by atomic mass is 16.1. The minimum Gasteiger partial charge on any atom is -0.353 e. The molecule has 0 aromatic rings. The van der Waals surface area contributed by atoms with Crippen molar-refractivity contribution < 1.29 is 4.79 Å². The number of nitrogens with two attached hydrogens (primary N) is 1. The second-order valence-corrected chi connectivity index (χ2v) is 6.03. The molecule has 0 aliphatic heterocycles. The summed E-state index contributed by atoms with van der Waals surface area (Å²) in [4.78, 5) is 12.3. The van der Waals surface area contributed by atoms with Crippen molar-refractivity contribution in [3.63, 3.8) is 0 Å². The van der Waals surface area contributed by atoms with E-state index in [4.69, 9.17) is 5.73 Å². The zero-order chi connectivity index (χ0) is 13.7. The smallest absolute Gasteiger partial charge is 0.223 e. The number of hydrogen-bond acceptors (Lipinski definition) is 2. The van der Waals surface area contributed by atoms with E-state index in [-0.39, 0.29) is 17.9 Å². The van der Waals surface area contributed by atoms with Gasteiger partial charge in [0.1, 0.15) is 0 Å². The van der Waals surface area contributed by atoms with Crippen LogP contribution in [0, 0.1) is 17.8 Å². The lowest BCUT2D eigenvalue weighted by Gasteiger charge is -2.33. The molecule has 0 heterocycles. The number of nitrogens with one attached hydrogen (secondary N) is 1. The second kappa shape index (κ2) is 7.13. The van der Waals surface area contributed by atoms with Crippen LogP contribution in [0.25, 0.3) is 0 Å². The average molecular weight is 254 g/mol. The first kappa shape index (κ1) is 15.5. The van der Waals surface area contributed by atoms with E-state index >= 15 is 0 Å². The van der Waals surface area contributed by atoms with Crippen molar-refractivity contribution in [1.29, 1.82) is 0 Å². The molecule has 0 saturated heterocycles. The normalized spacial score (nSPS) is 30.2. The van der Waals surface area contributed by atoms with E-state index in [1.54, 1.807) is 0 Å². The van der Waals surface area contributed by atoms with Gasteiger partial charge in [0, 0.05) is 18.0 Å². The summed E-state index contributed by atoms with van der Waals surface area (Å²) < 4.78 is 0. The fourth-order valence-electron chi connectivity index (χ4n) is 3.27. The monoisotopic (exact) mass is 254 g/mol. The molecule has 0 aromatic heterocycles. The number of carbonyl (C=O) groups excluding carboxylic acids is 1. The first-order valence-corrected chi connectivity index (χ1v) is 7.55. The minimum atomic E-state index is 0.168. The number of hydrogen-bond donors (Lipinski definition) is 2. The predicted molar refractivity (Wildman–Crippen MR) is 76.2 cm³/mol. The number of rotatable bonds is 5. The Morgan fingerprint density at radius 2 is 1.94 bits per heavy atom. The fourth-order valence-corrected chi connectivity index (χ4v) is 3.27. The summed E-state index contributed by atoms with van der Waals surface area (Å²) in [5.74, 6) is 1.42. The molecule has 4 unspecified atom stereocenters. The zero-order valence-corrected chi connectivity index (χ0v) is 12.4. The summed E-state index contributed by atoms with van der Waals surface area (Å²) in [6.45, 7) is 8.68. The molecule has 1 fully saturated rings. The highest BCUT2D eigenvalue weighted by molar-refractivity contribution is 5.79. The maximum atomic E-state index is 12.3. The van der Waals surface area contributed by atoms with Crippen molar-refractivity contribution in [2.75, 3.05) is 0 Å². The number of amides is 1. The Kier molecular flexibility index (Phi) is 6.13. The van der Waals surface area contributed by atoms with Crippen LogP contribution in [0.2, 0.25) is 0 Å². The van der Waals surface area contributed by atoms with Gasteiger partial charge in [-0.3, -0.25) is 4.79 Å². The van der Waals surface area contributed by atoms with E-state index in [0.29, 0.717) is 17.9 Å². The highest BCUT2D eigenvalue weighted by Gasteiger charge is 2.31. The molecule has 1 aliphatic carbocycles. The van der Waals surface area contributed by atoms with Gasteiger partial charge in [-0.1, -0.05) is 33.6 Å². The van der Waals surface area contributed by atoms with Gasteiger partial charge in [0.15, 0.2) is 0 Å². The first-order valence-electron chi connectivity index (χ1n) is 7.55. The lowest BCUT2D eigenvalue weighted by molar-refractivity contribution is -0.128. The SMILES string of the molecule is CCC(CC)C(C)NC(=O)C1CCC(N)CC1C. The molecule has 106 valence electrons. The van der Waals surface area contributed by atoms with Crippen molar-refractivity contribution >= 4 is 5.91 Å². The van der Waals surface area contributed by atoms with E-state index in [1.807, 2.05) is 0 Å². The molecule has 18 heavy (non-hydrogen) atoms. The molecule has 3 N–H and O–H groups in total. The summed E-state index contributed by atoms with van der Waals surface area (Å²) in [5.41, 5.74) is 5.95. The van der Waals surface area contributed by atoms with Gasteiger partial charge in [-0.25, -0.2) is 0 Å². The second-order valence-electron chi connectivity index (χ2n) is 6.03. The Morgan fingerprint density at radius 3 is 2.44 bits per heavy atom. The Hall–Kier alpha value is -0.570. The third-order valence-corrected chi connectivity index (χ3v) is 4.67.